The number of nitrogens with zero attached hydrogens (tertiary/aromatic N) is 2. The molecule has 7 nitrogen and oxygen atoms in total. The molecule has 3 rings (SSSR count). The number of rotatable bonds is 10. The molecular weight excluding hydrogens is 533 g/mol. The number of benzene rings is 3. The summed E-state index contributed by atoms with van der Waals surface area (Å²) in [7, 11) is -2.62. The summed E-state index contributed by atoms with van der Waals surface area (Å²) < 4.78 is 28.6. The average molecular weight is 563 g/mol. The molecule has 0 spiro atoms. The van der Waals surface area contributed by atoms with Crippen LogP contribution < -0.4 is 9.62 Å². The van der Waals surface area contributed by atoms with Gasteiger partial charge in [-0.1, -0.05) is 72.6 Å². The highest BCUT2D eigenvalue weighted by atomic mass is 35.5. The van der Waals surface area contributed by atoms with Gasteiger partial charge >= 0.3 is 0 Å². The van der Waals surface area contributed by atoms with E-state index in [0.717, 1.165) is 4.31 Å². The molecule has 0 aliphatic rings. The van der Waals surface area contributed by atoms with E-state index in [1.54, 1.807) is 74.5 Å². The first kappa shape index (κ1) is 28.5. The zero-order valence-electron chi connectivity index (χ0n) is 20.8. The minimum Gasteiger partial charge on any atom is -0.357 e. The fraction of sp³-hybridized carbons (Fsp3) is 0.259. The van der Waals surface area contributed by atoms with Gasteiger partial charge < -0.3 is 10.2 Å². The summed E-state index contributed by atoms with van der Waals surface area (Å²) in [6, 6.07) is 18.9. The van der Waals surface area contributed by atoms with Crippen LogP contribution in [0.25, 0.3) is 0 Å². The van der Waals surface area contributed by atoms with Crippen molar-refractivity contribution in [3.8, 4) is 0 Å². The van der Waals surface area contributed by atoms with Gasteiger partial charge in [-0.2, -0.15) is 0 Å². The molecule has 37 heavy (non-hydrogen) atoms. The van der Waals surface area contributed by atoms with E-state index in [1.807, 2.05) is 0 Å². The van der Waals surface area contributed by atoms with E-state index < -0.39 is 28.5 Å². The Bertz CT molecular complexity index is 1370. The second-order valence-corrected chi connectivity index (χ2v) is 11.1. The Balaban J connectivity index is 2.08. The van der Waals surface area contributed by atoms with Gasteiger partial charge in [-0.05, 0) is 54.8 Å². The molecule has 1 unspecified atom stereocenters. The van der Waals surface area contributed by atoms with Crippen LogP contribution in [0.1, 0.15) is 24.5 Å². The van der Waals surface area contributed by atoms with Crippen LogP contribution in [0.4, 0.5) is 5.69 Å². The molecule has 3 aromatic carbocycles. The van der Waals surface area contributed by atoms with Crippen LogP contribution in [-0.2, 0) is 26.2 Å². The molecule has 10 heteroatoms. The van der Waals surface area contributed by atoms with E-state index >= 15 is 0 Å². The van der Waals surface area contributed by atoms with Crippen LogP contribution in [0.3, 0.4) is 0 Å². The fourth-order valence-electron chi connectivity index (χ4n) is 4.00. The van der Waals surface area contributed by atoms with Crippen LogP contribution >= 0.6 is 23.2 Å². The number of sulfonamides is 1. The monoisotopic (exact) mass is 561 g/mol. The first-order chi connectivity index (χ1) is 17.6. The summed E-state index contributed by atoms with van der Waals surface area (Å²) in [5.74, 6) is -0.918. The van der Waals surface area contributed by atoms with E-state index in [4.69, 9.17) is 23.2 Å². The number of carbonyl (C=O) groups excluding carboxylic acids is 2. The molecule has 0 aliphatic heterocycles. The van der Waals surface area contributed by atoms with Gasteiger partial charge in [0.1, 0.15) is 12.6 Å². The van der Waals surface area contributed by atoms with Gasteiger partial charge in [0.25, 0.3) is 10.0 Å². The Labute approximate surface area is 228 Å². The summed E-state index contributed by atoms with van der Waals surface area (Å²) in [5.41, 5.74) is 1.63. The second kappa shape index (κ2) is 12.4. The van der Waals surface area contributed by atoms with E-state index in [2.05, 4.69) is 5.32 Å². The van der Waals surface area contributed by atoms with Crippen molar-refractivity contribution in [2.45, 2.75) is 37.8 Å². The first-order valence-electron chi connectivity index (χ1n) is 11.7. The molecule has 1 N–H and O–H groups in total. The lowest BCUT2D eigenvalue weighted by Gasteiger charge is -2.33. The van der Waals surface area contributed by atoms with E-state index in [1.165, 1.54) is 24.1 Å². The molecule has 0 fully saturated rings. The first-order valence-corrected chi connectivity index (χ1v) is 13.9. The van der Waals surface area contributed by atoms with Gasteiger partial charge in [0.05, 0.1) is 10.6 Å². The fourth-order valence-corrected chi connectivity index (χ4v) is 5.96. The maximum atomic E-state index is 13.9. The Hall–Kier alpha value is -3.07. The van der Waals surface area contributed by atoms with Crippen molar-refractivity contribution in [2.24, 2.45) is 0 Å². The number of anilines is 1. The Morgan fingerprint density at radius 1 is 0.973 bits per heavy atom. The largest absolute Gasteiger partial charge is 0.357 e. The lowest BCUT2D eigenvalue weighted by molar-refractivity contribution is -0.140. The summed E-state index contributed by atoms with van der Waals surface area (Å²) >= 11 is 12.4. The maximum Gasteiger partial charge on any atom is 0.264 e. The SMILES string of the molecule is CCC(C(=O)NC)N(Cc1ccc(Cl)cc1Cl)C(=O)CN(c1ccccc1C)S(=O)(=O)c1ccccc1. The van der Waals surface area contributed by atoms with Crippen molar-refractivity contribution in [3.63, 3.8) is 0 Å². The molecule has 0 saturated heterocycles. The Kier molecular flexibility index (Phi) is 9.59. The number of amides is 2. The standard InChI is InChI=1S/C27H29Cl2N3O4S/c1-4-24(27(34)30-3)31(17-20-14-15-21(28)16-23(20)29)26(33)18-32(25-13-9-8-10-19(25)2)37(35,36)22-11-6-5-7-12-22/h5-16,24H,4,17-18H2,1-3H3,(H,30,34). The normalized spacial score (nSPS) is 12.0. The molecule has 1 atom stereocenters. The minimum atomic E-state index is -4.11. The minimum absolute atomic E-state index is 0.00619. The van der Waals surface area contributed by atoms with Crippen molar-refractivity contribution in [3.05, 3.63) is 94.0 Å². The molecule has 0 aromatic heterocycles. The van der Waals surface area contributed by atoms with Crippen LogP contribution in [-0.4, -0.2) is 44.8 Å². The lowest BCUT2D eigenvalue weighted by atomic mass is 10.1. The van der Waals surface area contributed by atoms with Crippen LogP contribution in [0.15, 0.2) is 77.7 Å². The number of carbonyl (C=O) groups is 2. The van der Waals surface area contributed by atoms with E-state index in [-0.39, 0.29) is 17.3 Å². The van der Waals surface area contributed by atoms with Crippen LogP contribution in [0.2, 0.25) is 10.0 Å². The molecular formula is C27H29Cl2N3O4S. The quantitative estimate of drug-likeness (QED) is 0.375. The Morgan fingerprint density at radius 3 is 2.22 bits per heavy atom. The highest BCUT2D eigenvalue weighted by Gasteiger charge is 2.34. The lowest BCUT2D eigenvalue weighted by Crippen LogP contribution is -2.51. The zero-order valence-corrected chi connectivity index (χ0v) is 23.1. The summed E-state index contributed by atoms with van der Waals surface area (Å²) in [4.78, 5) is 28.1. The van der Waals surface area contributed by atoms with E-state index in [0.29, 0.717) is 33.3 Å². The van der Waals surface area contributed by atoms with Gasteiger partial charge in [-0.3, -0.25) is 13.9 Å². The van der Waals surface area contributed by atoms with Gasteiger partial charge in [-0.15, -0.1) is 0 Å². The number of likely N-dealkylation sites (N-methyl/N-ethyl adjacent to an activating group) is 1. The predicted molar refractivity (Wildman–Crippen MR) is 147 cm³/mol. The molecule has 3 aromatic rings. The molecule has 2 amide bonds. The van der Waals surface area contributed by atoms with Crippen LogP contribution in [0, 0.1) is 6.92 Å². The van der Waals surface area contributed by atoms with Crippen molar-refractivity contribution in [2.75, 3.05) is 17.9 Å². The molecule has 0 radical (unpaired) electrons. The number of aryl methyl sites for hydroxylation is 1. The smallest absolute Gasteiger partial charge is 0.264 e. The number of nitrogens with one attached hydrogen (secondary N) is 1. The van der Waals surface area contributed by atoms with Gasteiger partial charge in [0, 0.05) is 23.6 Å². The topological polar surface area (TPSA) is 86.8 Å². The highest BCUT2D eigenvalue weighted by molar-refractivity contribution is 7.92. The summed E-state index contributed by atoms with van der Waals surface area (Å²) in [6.07, 6.45) is 0.312. The summed E-state index contributed by atoms with van der Waals surface area (Å²) in [6.45, 7) is 3.04. The number of halogens is 2. The third-order valence-corrected chi connectivity index (χ3v) is 8.34. The zero-order chi connectivity index (χ0) is 27.2. The molecule has 0 aliphatic carbocycles. The second-order valence-electron chi connectivity index (χ2n) is 8.41. The van der Waals surface area contributed by atoms with Crippen molar-refractivity contribution >= 4 is 50.7 Å². The van der Waals surface area contributed by atoms with Gasteiger partial charge in [0.2, 0.25) is 11.8 Å². The van der Waals surface area contributed by atoms with Gasteiger partial charge in [0.15, 0.2) is 0 Å². The summed E-state index contributed by atoms with van der Waals surface area (Å²) in [5, 5.41) is 3.36. The number of para-hydroxylation sites is 1. The Morgan fingerprint density at radius 2 is 1.62 bits per heavy atom. The molecule has 0 saturated carbocycles. The highest BCUT2D eigenvalue weighted by Crippen LogP contribution is 2.28. The van der Waals surface area contributed by atoms with Crippen molar-refractivity contribution in [1.29, 1.82) is 0 Å². The maximum absolute atomic E-state index is 13.9. The third-order valence-electron chi connectivity index (χ3n) is 5.98. The molecule has 0 heterocycles. The van der Waals surface area contributed by atoms with Crippen molar-refractivity contribution < 1.29 is 18.0 Å². The third kappa shape index (κ3) is 6.63. The number of hydrogen-bond acceptors (Lipinski definition) is 4. The predicted octanol–water partition coefficient (Wildman–Crippen LogP) is 5.05. The van der Waals surface area contributed by atoms with Crippen LogP contribution in [0.5, 0.6) is 0 Å². The average Bonchev–Trinajstić information content (AvgIpc) is 2.89. The number of hydrogen-bond donors (Lipinski definition) is 1. The van der Waals surface area contributed by atoms with E-state index in [9.17, 15) is 18.0 Å². The van der Waals surface area contributed by atoms with Crippen molar-refractivity contribution in [1.82, 2.24) is 10.2 Å². The molecule has 0 bridgehead atoms. The van der Waals surface area contributed by atoms with Gasteiger partial charge in [-0.25, -0.2) is 8.42 Å². The molecule has 196 valence electrons.